The first-order valence-electron chi connectivity index (χ1n) is 6.90. The molecule has 1 aromatic carbocycles. The second-order valence-corrected chi connectivity index (χ2v) is 4.87. The van der Waals surface area contributed by atoms with Crippen molar-refractivity contribution in [3.8, 4) is 0 Å². The van der Waals surface area contributed by atoms with Crippen molar-refractivity contribution in [1.29, 1.82) is 0 Å². The predicted octanol–water partition coefficient (Wildman–Crippen LogP) is 2.25. The number of hydrogen-bond acceptors (Lipinski definition) is 3. The van der Waals surface area contributed by atoms with Gasteiger partial charge in [-0.1, -0.05) is 38.8 Å². The maximum atomic E-state index is 13.0. The molecular formula is C15H24FNO2. The summed E-state index contributed by atoms with van der Waals surface area (Å²) in [6.07, 6.45) is 0.705. The summed E-state index contributed by atoms with van der Waals surface area (Å²) in [5.74, 6) is -0.0765. The number of hydrogen-bond donors (Lipinski definition) is 3. The van der Waals surface area contributed by atoms with E-state index in [2.05, 4.69) is 19.2 Å². The molecule has 0 aliphatic rings. The van der Waals surface area contributed by atoms with Crippen molar-refractivity contribution >= 4 is 0 Å². The van der Waals surface area contributed by atoms with Crippen LogP contribution in [0.1, 0.15) is 38.4 Å². The van der Waals surface area contributed by atoms with Crippen molar-refractivity contribution < 1.29 is 14.6 Å². The van der Waals surface area contributed by atoms with Crippen molar-refractivity contribution in [1.82, 2.24) is 5.32 Å². The van der Waals surface area contributed by atoms with Crippen LogP contribution in [0.15, 0.2) is 24.3 Å². The van der Waals surface area contributed by atoms with Gasteiger partial charge in [0.25, 0.3) is 0 Å². The van der Waals surface area contributed by atoms with E-state index in [-0.39, 0.29) is 11.7 Å². The lowest BCUT2D eigenvalue weighted by atomic mass is 9.96. The topological polar surface area (TPSA) is 52.5 Å². The zero-order chi connectivity index (χ0) is 14.3. The first-order chi connectivity index (χ1) is 9.08. The minimum Gasteiger partial charge on any atom is -0.392 e. The van der Waals surface area contributed by atoms with Crippen LogP contribution < -0.4 is 5.32 Å². The summed E-state index contributed by atoms with van der Waals surface area (Å²) >= 11 is 0. The van der Waals surface area contributed by atoms with E-state index >= 15 is 0 Å². The van der Waals surface area contributed by atoms with Crippen LogP contribution in [-0.4, -0.2) is 29.4 Å². The molecule has 0 saturated carbocycles. The Balaban J connectivity index is 2.36. The van der Waals surface area contributed by atoms with E-state index in [1.807, 2.05) is 0 Å². The molecule has 2 atom stereocenters. The van der Waals surface area contributed by atoms with E-state index in [1.165, 1.54) is 12.1 Å². The molecule has 0 saturated heterocycles. The molecule has 0 aromatic heterocycles. The number of nitrogens with one attached hydrogen (secondary N) is 1. The van der Waals surface area contributed by atoms with Gasteiger partial charge in [-0.05, 0) is 23.6 Å². The minimum atomic E-state index is -0.760. The van der Waals surface area contributed by atoms with E-state index in [4.69, 9.17) is 0 Å². The van der Waals surface area contributed by atoms with Gasteiger partial charge in [-0.15, -0.1) is 0 Å². The molecule has 2 unspecified atom stereocenters. The minimum absolute atomic E-state index is 0.277. The summed E-state index contributed by atoms with van der Waals surface area (Å²) in [6.45, 7) is 4.86. The fourth-order valence-corrected chi connectivity index (χ4v) is 2.20. The Kier molecular flexibility index (Phi) is 6.99. The highest BCUT2D eigenvalue weighted by molar-refractivity contribution is 5.18. The standard InChI is InChI=1S/C15H24FNO2/c1-3-11(4-2)14(18)9-17-10-15(19)12-6-5-7-13(16)8-12/h5-8,11,14-15,17-19H,3-4,9-10H2,1-2H3. The third-order valence-electron chi connectivity index (χ3n) is 3.52. The number of rotatable bonds is 8. The normalized spacial score (nSPS) is 14.6. The number of aliphatic hydroxyl groups excluding tert-OH is 2. The molecule has 1 rings (SSSR count). The molecule has 0 aliphatic heterocycles. The van der Waals surface area contributed by atoms with Crippen LogP contribution >= 0.6 is 0 Å². The molecular weight excluding hydrogens is 245 g/mol. The zero-order valence-electron chi connectivity index (χ0n) is 11.6. The molecule has 0 amide bonds. The Morgan fingerprint density at radius 1 is 1.16 bits per heavy atom. The molecule has 0 aliphatic carbocycles. The van der Waals surface area contributed by atoms with Crippen LogP contribution in [0, 0.1) is 11.7 Å². The van der Waals surface area contributed by atoms with Gasteiger partial charge in [0.15, 0.2) is 0 Å². The van der Waals surface area contributed by atoms with E-state index in [1.54, 1.807) is 12.1 Å². The van der Waals surface area contributed by atoms with Gasteiger partial charge >= 0.3 is 0 Å². The maximum absolute atomic E-state index is 13.0. The Bertz CT molecular complexity index is 369. The summed E-state index contributed by atoms with van der Waals surface area (Å²) in [5.41, 5.74) is 0.546. The van der Waals surface area contributed by atoms with Crippen LogP contribution in [0.4, 0.5) is 4.39 Å². The first kappa shape index (κ1) is 16.1. The van der Waals surface area contributed by atoms with Gasteiger partial charge in [-0.2, -0.15) is 0 Å². The van der Waals surface area contributed by atoms with E-state index < -0.39 is 12.2 Å². The lowest BCUT2D eigenvalue weighted by molar-refractivity contribution is 0.0945. The quantitative estimate of drug-likeness (QED) is 0.678. The highest BCUT2D eigenvalue weighted by Gasteiger charge is 2.15. The van der Waals surface area contributed by atoms with Crippen molar-refractivity contribution in [3.05, 3.63) is 35.6 Å². The van der Waals surface area contributed by atoms with Crippen LogP contribution in [0.25, 0.3) is 0 Å². The first-order valence-corrected chi connectivity index (χ1v) is 6.90. The summed E-state index contributed by atoms with van der Waals surface area (Å²) in [5, 5.41) is 22.9. The Morgan fingerprint density at radius 3 is 2.42 bits per heavy atom. The van der Waals surface area contributed by atoms with Gasteiger partial charge in [0, 0.05) is 13.1 Å². The van der Waals surface area contributed by atoms with Gasteiger partial charge in [0.1, 0.15) is 5.82 Å². The molecule has 4 heteroatoms. The van der Waals surface area contributed by atoms with Crippen LogP contribution in [0.5, 0.6) is 0 Å². The van der Waals surface area contributed by atoms with E-state index in [0.717, 1.165) is 12.8 Å². The van der Waals surface area contributed by atoms with Gasteiger partial charge in [0.2, 0.25) is 0 Å². The molecule has 0 bridgehead atoms. The van der Waals surface area contributed by atoms with E-state index in [9.17, 15) is 14.6 Å². The van der Waals surface area contributed by atoms with Gasteiger partial charge in [0.05, 0.1) is 12.2 Å². The third-order valence-corrected chi connectivity index (χ3v) is 3.52. The van der Waals surface area contributed by atoms with Crippen LogP contribution in [-0.2, 0) is 0 Å². The molecule has 1 aromatic rings. The average Bonchev–Trinajstić information content (AvgIpc) is 2.40. The van der Waals surface area contributed by atoms with Crippen LogP contribution in [0.2, 0.25) is 0 Å². The molecule has 0 heterocycles. The highest BCUT2D eigenvalue weighted by atomic mass is 19.1. The van der Waals surface area contributed by atoms with Crippen molar-refractivity contribution in [3.63, 3.8) is 0 Å². The maximum Gasteiger partial charge on any atom is 0.123 e. The average molecular weight is 269 g/mol. The monoisotopic (exact) mass is 269 g/mol. The molecule has 3 N–H and O–H groups in total. The smallest absolute Gasteiger partial charge is 0.123 e. The summed E-state index contributed by atoms with van der Waals surface area (Å²) in [4.78, 5) is 0. The summed E-state index contributed by atoms with van der Waals surface area (Å²) < 4.78 is 13.0. The molecule has 0 spiro atoms. The SMILES string of the molecule is CCC(CC)C(O)CNCC(O)c1cccc(F)c1. The molecule has 3 nitrogen and oxygen atoms in total. The van der Waals surface area contributed by atoms with Gasteiger partial charge in [-0.25, -0.2) is 4.39 Å². The second-order valence-electron chi connectivity index (χ2n) is 4.87. The Morgan fingerprint density at radius 2 is 1.84 bits per heavy atom. The molecule has 0 fully saturated rings. The zero-order valence-corrected chi connectivity index (χ0v) is 11.6. The van der Waals surface area contributed by atoms with E-state index in [0.29, 0.717) is 18.7 Å². The van der Waals surface area contributed by atoms with Crippen molar-refractivity contribution in [2.24, 2.45) is 5.92 Å². The lowest BCUT2D eigenvalue weighted by Crippen LogP contribution is -2.34. The summed E-state index contributed by atoms with van der Waals surface area (Å²) in [7, 11) is 0. The fourth-order valence-electron chi connectivity index (χ4n) is 2.20. The second kappa shape index (κ2) is 8.25. The lowest BCUT2D eigenvalue weighted by Gasteiger charge is -2.21. The number of benzene rings is 1. The number of halogens is 1. The summed E-state index contributed by atoms with van der Waals surface area (Å²) in [6, 6.07) is 5.93. The molecule has 19 heavy (non-hydrogen) atoms. The predicted molar refractivity (Wildman–Crippen MR) is 74.3 cm³/mol. The van der Waals surface area contributed by atoms with Gasteiger partial charge in [-0.3, -0.25) is 0 Å². The van der Waals surface area contributed by atoms with Gasteiger partial charge < -0.3 is 15.5 Å². The highest BCUT2D eigenvalue weighted by Crippen LogP contribution is 2.14. The molecule has 0 radical (unpaired) electrons. The fraction of sp³-hybridized carbons (Fsp3) is 0.600. The Labute approximate surface area is 114 Å². The molecule has 108 valence electrons. The largest absolute Gasteiger partial charge is 0.392 e. The third kappa shape index (κ3) is 5.27. The Hall–Kier alpha value is -0.970. The number of aliphatic hydroxyl groups is 2. The van der Waals surface area contributed by atoms with Crippen molar-refractivity contribution in [2.45, 2.75) is 38.9 Å². The van der Waals surface area contributed by atoms with Crippen LogP contribution in [0.3, 0.4) is 0 Å². The van der Waals surface area contributed by atoms with Crippen molar-refractivity contribution in [2.75, 3.05) is 13.1 Å².